The fraction of sp³-hybridized carbons (Fsp3) is 0.400. The second kappa shape index (κ2) is 5.51. The molecule has 1 nitrogen and oxygen atoms in total. The first-order valence-corrected chi connectivity index (χ1v) is 8.28. The lowest BCUT2D eigenvalue weighted by atomic mass is 9.56. The van der Waals surface area contributed by atoms with Crippen molar-refractivity contribution in [1.29, 1.82) is 0 Å². The van der Waals surface area contributed by atoms with E-state index in [4.69, 9.17) is 0 Å². The van der Waals surface area contributed by atoms with Crippen LogP contribution < -0.4 is 5.32 Å². The third-order valence-corrected chi connectivity index (χ3v) is 5.75. The number of nitrogens with one attached hydrogen (secondary N) is 1. The van der Waals surface area contributed by atoms with Crippen molar-refractivity contribution in [2.75, 3.05) is 13.1 Å². The van der Waals surface area contributed by atoms with Crippen LogP contribution in [0.2, 0.25) is 0 Å². The minimum Gasteiger partial charge on any atom is -0.316 e. The van der Waals surface area contributed by atoms with Gasteiger partial charge in [-0.1, -0.05) is 60.7 Å². The Morgan fingerprint density at radius 3 is 2.05 bits per heavy atom. The number of rotatable bonds is 2. The van der Waals surface area contributed by atoms with Crippen LogP contribution in [0.15, 0.2) is 60.7 Å². The Kier molecular flexibility index (Phi) is 3.50. The van der Waals surface area contributed by atoms with Gasteiger partial charge in [-0.15, -0.1) is 0 Å². The summed E-state index contributed by atoms with van der Waals surface area (Å²) in [5, 5.41) is 3.45. The van der Waals surface area contributed by atoms with Crippen molar-refractivity contribution in [3.8, 4) is 0 Å². The molecular weight excluding hydrogens is 273 g/mol. The van der Waals surface area contributed by atoms with Gasteiger partial charge < -0.3 is 5.32 Å². The van der Waals surface area contributed by atoms with E-state index < -0.39 is 6.17 Å². The number of halogens is 1. The maximum Gasteiger partial charge on any atom is 0.105 e. The highest BCUT2D eigenvalue weighted by Crippen LogP contribution is 2.52. The Morgan fingerprint density at radius 1 is 0.864 bits per heavy atom. The van der Waals surface area contributed by atoms with Crippen LogP contribution >= 0.6 is 0 Å². The molecule has 0 amide bonds. The Labute approximate surface area is 131 Å². The molecule has 3 atom stereocenters. The van der Waals surface area contributed by atoms with Gasteiger partial charge in [0.15, 0.2) is 0 Å². The summed E-state index contributed by atoms with van der Waals surface area (Å²) in [5.74, 6) is 0.468. The predicted octanol–water partition coefficient (Wildman–Crippen LogP) is 3.94. The van der Waals surface area contributed by atoms with Gasteiger partial charge in [0.2, 0.25) is 0 Å². The van der Waals surface area contributed by atoms with Gasteiger partial charge in [-0.2, -0.15) is 0 Å². The lowest BCUT2D eigenvalue weighted by Crippen LogP contribution is -2.47. The summed E-state index contributed by atoms with van der Waals surface area (Å²) in [4.78, 5) is 0. The molecule has 1 unspecified atom stereocenters. The summed E-state index contributed by atoms with van der Waals surface area (Å²) in [6, 6.07) is 21.5. The minimum atomic E-state index is -0.666. The van der Waals surface area contributed by atoms with Crippen molar-refractivity contribution in [2.45, 2.75) is 24.4 Å². The summed E-state index contributed by atoms with van der Waals surface area (Å²) < 4.78 is 14.5. The molecule has 0 bridgehead atoms. The van der Waals surface area contributed by atoms with Crippen LogP contribution in [-0.4, -0.2) is 19.3 Å². The molecule has 1 saturated carbocycles. The first-order valence-electron chi connectivity index (χ1n) is 8.28. The molecule has 114 valence electrons. The zero-order chi connectivity index (χ0) is 15.0. The Balaban J connectivity index is 1.90. The highest BCUT2D eigenvalue weighted by atomic mass is 19.1. The third-order valence-electron chi connectivity index (χ3n) is 5.75. The first-order chi connectivity index (χ1) is 10.8. The summed E-state index contributed by atoms with van der Waals surface area (Å²) in [5.41, 5.74) is 2.62. The van der Waals surface area contributed by atoms with E-state index in [0.29, 0.717) is 12.3 Å². The Bertz CT molecular complexity index is 585. The van der Waals surface area contributed by atoms with Crippen molar-refractivity contribution < 1.29 is 4.39 Å². The molecule has 4 rings (SSSR count). The lowest BCUT2D eigenvalue weighted by molar-refractivity contribution is 0.0883. The van der Waals surface area contributed by atoms with Gasteiger partial charge in [0.05, 0.1) is 0 Å². The largest absolute Gasteiger partial charge is 0.316 e. The van der Waals surface area contributed by atoms with Gasteiger partial charge in [-0.05, 0) is 36.4 Å². The highest BCUT2D eigenvalue weighted by Gasteiger charge is 2.52. The van der Waals surface area contributed by atoms with Crippen LogP contribution in [0.25, 0.3) is 0 Å². The summed E-state index contributed by atoms with van der Waals surface area (Å²) in [6.07, 6.45) is 0.887. The standard InChI is InChI=1S/C20H22FN/c21-19-11-12-20(15-7-3-1-4-8-15,16-9-5-2-6-10-16)18-14-22-13-17(18)19/h1-10,17-19,22H,11-14H2/t17-,18?,19+/m0/s1. The van der Waals surface area contributed by atoms with Crippen LogP contribution in [0.5, 0.6) is 0 Å². The molecule has 22 heavy (non-hydrogen) atoms. The number of hydrogen-bond donors (Lipinski definition) is 1. The second-order valence-corrected chi connectivity index (χ2v) is 6.69. The van der Waals surface area contributed by atoms with Crippen LogP contribution in [0.4, 0.5) is 4.39 Å². The van der Waals surface area contributed by atoms with E-state index in [1.807, 2.05) is 0 Å². The predicted molar refractivity (Wildman–Crippen MR) is 87.6 cm³/mol. The van der Waals surface area contributed by atoms with Gasteiger partial charge >= 0.3 is 0 Å². The van der Waals surface area contributed by atoms with E-state index in [1.54, 1.807) is 0 Å². The molecule has 2 fully saturated rings. The molecule has 2 heteroatoms. The zero-order valence-electron chi connectivity index (χ0n) is 12.7. The molecular formula is C20H22FN. The van der Waals surface area contributed by atoms with Crippen molar-refractivity contribution in [3.63, 3.8) is 0 Å². The molecule has 0 aromatic heterocycles. The van der Waals surface area contributed by atoms with E-state index in [2.05, 4.69) is 66.0 Å². The smallest absolute Gasteiger partial charge is 0.105 e. The molecule has 1 N–H and O–H groups in total. The summed E-state index contributed by atoms with van der Waals surface area (Å²) >= 11 is 0. The fourth-order valence-corrected chi connectivity index (χ4v) is 4.74. The minimum absolute atomic E-state index is 0.0563. The molecule has 0 spiro atoms. The van der Waals surface area contributed by atoms with E-state index in [0.717, 1.165) is 19.5 Å². The molecule has 1 heterocycles. The average molecular weight is 295 g/mol. The van der Waals surface area contributed by atoms with Gasteiger partial charge in [0.1, 0.15) is 6.17 Å². The number of benzene rings is 2. The monoisotopic (exact) mass is 295 g/mol. The number of hydrogen-bond acceptors (Lipinski definition) is 1. The molecule has 1 saturated heterocycles. The molecule has 2 aromatic carbocycles. The molecule has 0 radical (unpaired) electrons. The highest BCUT2D eigenvalue weighted by molar-refractivity contribution is 5.42. The normalized spacial score (nSPS) is 30.0. The van der Waals surface area contributed by atoms with Crippen LogP contribution in [-0.2, 0) is 5.41 Å². The first kappa shape index (κ1) is 14.0. The molecule has 2 aliphatic rings. The maximum atomic E-state index is 14.5. The molecule has 2 aromatic rings. The van der Waals surface area contributed by atoms with Gasteiger partial charge in [-0.25, -0.2) is 4.39 Å². The lowest BCUT2D eigenvalue weighted by Gasteiger charge is -2.47. The van der Waals surface area contributed by atoms with Gasteiger partial charge in [-0.3, -0.25) is 0 Å². The topological polar surface area (TPSA) is 12.0 Å². The van der Waals surface area contributed by atoms with Gasteiger partial charge in [0, 0.05) is 17.9 Å². The van der Waals surface area contributed by atoms with Crippen LogP contribution in [0.1, 0.15) is 24.0 Å². The quantitative estimate of drug-likeness (QED) is 0.885. The SMILES string of the molecule is F[C@@H]1CCC(c2ccccc2)(c2ccccc2)C2CNC[C@@H]21. The van der Waals surface area contributed by atoms with Crippen molar-refractivity contribution in [3.05, 3.63) is 71.8 Å². The Morgan fingerprint density at radius 2 is 1.45 bits per heavy atom. The fourth-order valence-electron chi connectivity index (χ4n) is 4.74. The average Bonchev–Trinajstić information content (AvgIpc) is 3.08. The molecule has 1 aliphatic heterocycles. The van der Waals surface area contributed by atoms with Crippen LogP contribution in [0, 0.1) is 11.8 Å². The van der Waals surface area contributed by atoms with Crippen molar-refractivity contribution in [1.82, 2.24) is 5.32 Å². The van der Waals surface area contributed by atoms with Crippen molar-refractivity contribution >= 4 is 0 Å². The summed E-state index contributed by atoms with van der Waals surface area (Å²) in [7, 11) is 0. The summed E-state index contributed by atoms with van der Waals surface area (Å²) in [6.45, 7) is 1.72. The second-order valence-electron chi connectivity index (χ2n) is 6.69. The van der Waals surface area contributed by atoms with E-state index in [9.17, 15) is 4.39 Å². The van der Waals surface area contributed by atoms with E-state index >= 15 is 0 Å². The van der Waals surface area contributed by atoms with Crippen LogP contribution in [0.3, 0.4) is 0 Å². The van der Waals surface area contributed by atoms with Gasteiger partial charge in [0.25, 0.3) is 0 Å². The third kappa shape index (κ3) is 2.01. The zero-order valence-corrected chi connectivity index (χ0v) is 12.7. The van der Waals surface area contributed by atoms with E-state index in [1.165, 1.54) is 11.1 Å². The maximum absolute atomic E-state index is 14.5. The number of fused-ring (bicyclic) bond motifs is 1. The molecule has 1 aliphatic carbocycles. The van der Waals surface area contributed by atoms with Crippen molar-refractivity contribution in [2.24, 2.45) is 11.8 Å². The van der Waals surface area contributed by atoms with E-state index in [-0.39, 0.29) is 11.3 Å². The number of alkyl halides is 1. The Hall–Kier alpha value is -1.67.